The number of ether oxygens (including phenoxy) is 1. The molecule has 102 valence electrons. The van der Waals surface area contributed by atoms with Gasteiger partial charge in [-0.15, -0.1) is 0 Å². The third kappa shape index (κ3) is 2.53. The van der Waals surface area contributed by atoms with Gasteiger partial charge in [0.25, 0.3) is 0 Å². The van der Waals surface area contributed by atoms with Gasteiger partial charge >= 0.3 is 6.03 Å². The summed E-state index contributed by atoms with van der Waals surface area (Å²) in [6.45, 7) is -0.0140. The number of rotatable bonds is 4. The molecule has 1 aliphatic rings. The fourth-order valence-corrected chi connectivity index (χ4v) is 2.06. The fourth-order valence-electron chi connectivity index (χ4n) is 2.06. The number of aliphatic hydroxyl groups is 1. The van der Waals surface area contributed by atoms with Gasteiger partial charge in [0.05, 0.1) is 13.7 Å². The summed E-state index contributed by atoms with van der Waals surface area (Å²) in [5.41, 5.74) is 0.556. The average Bonchev–Trinajstić information content (AvgIpc) is 2.65. The van der Waals surface area contributed by atoms with Gasteiger partial charge in [-0.3, -0.25) is 9.69 Å². The normalized spacial score (nSPS) is 17.0. The number of urea groups is 1. The minimum atomic E-state index is -0.962. The molecular weight excluding hydrogens is 248 g/mol. The van der Waals surface area contributed by atoms with Gasteiger partial charge in [-0.2, -0.15) is 0 Å². The molecule has 1 heterocycles. The van der Waals surface area contributed by atoms with Crippen LogP contribution in [-0.2, 0) is 4.79 Å². The summed E-state index contributed by atoms with van der Waals surface area (Å²) in [6, 6.07) is 6.59. The van der Waals surface area contributed by atoms with Gasteiger partial charge < -0.3 is 14.7 Å². The number of carbonyl (C=O) groups excluding carboxylic acids is 2. The summed E-state index contributed by atoms with van der Waals surface area (Å²) in [7, 11) is 3.06. The summed E-state index contributed by atoms with van der Waals surface area (Å²) < 4.78 is 5.15. The Hall–Kier alpha value is -2.08. The van der Waals surface area contributed by atoms with E-state index in [9.17, 15) is 14.7 Å². The molecule has 0 saturated carbocycles. The molecule has 6 nitrogen and oxygen atoms in total. The largest absolute Gasteiger partial charge is 0.496 e. The quantitative estimate of drug-likeness (QED) is 0.809. The monoisotopic (exact) mass is 264 g/mol. The highest BCUT2D eigenvalue weighted by Crippen LogP contribution is 2.26. The number of nitrogens with zero attached hydrogens (tertiary/aromatic N) is 2. The fraction of sp³-hybridized carbons (Fsp3) is 0.385. The molecule has 1 saturated heterocycles. The first-order valence-corrected chi connectivity index (χ1v) is 5.91. The number of hydrogen-bond donors (Lipinski definition) is 1. The lowest BCUT2D eigenvalue weighted by molar-refractivity contribution is -0.126. The van der Waals surface area contributed by atoms with Gasteiger partial charge in [0.15, 0.2) is 0 Å². The molecule has 2 rings (SSSR count). The van der Waals surface area contributed by atoms with Crippen molar-refractivity contribution in [1.29, 1.82) is 0 Å². The van der Waals surface area contributed by atoms with Crippen LogP contribution in [0.25, 0.3) is 0 Å². The number of likely N-dealkylation sites (N-methyl/N-ethyl adjacent to an activating group) is 1. The van der Waals surface area contributed by atoms with E-state index in [-0.39, 0.29) is 25.0 Å². The SMILES string of the molecule is COc1ccccc1C(O)CN1C(=O)CN(C)C1=O. The molecule has 1 fully saturated rings. The van der Waals surface area contributed by atoms with Crippen LogP contribution in [0, 0.1) is 0 Å². The minimum Gasteiger partial charge on any atom is -0.496 e. The Morgan fingerprint density at radius 2 is 2.05 bits per heavy atom. The molecule has 0 spiro atoms. The van der Waals surface area contributed by atoms with Gasteiger partial charge in [-0.1, -0.05) is 18.2 Å². The lowest BCUT2D eigenvalue weighted by atomic mass is 10.1. The lowest BCUT2D eigenvalue weighted by Crippen LogP contribution is -2.35. The summed E-state index contributed by atoms with van der Waals surface area (Å²) in [5, 5.41) is 10.2. The molecule has 0 bridgehead atoms. The highest BCUT2D eigenvalue weighted by Gasteiger charge is 2.35. The minimum absolute atomic E-state index is 0.0531. The molecular formula is C13H16N2O4. The average molecular weight is 264 g/mol. The number of benzene rings is 1. The molecule has 0 radical (unpaired) electrons. The van der Waals surface area contributed by atoms with Crippen molar-refractivity contribution in [2.75, 3.05) is 27.2 Å². The second-order valence-electron chi connectivity index (χ2n) is 4.40. The van der Waals surface area contributed by atoms with Gasteiger partial charge in [0.2, 0.25) is 5.91 Å². The first-order valence-electron chi connectivity index (χ1n) is 5.91. The highest BCUT2D eigenvalue weighted by molar-refractivity contribution is 6.01. The highest BCUT2D eigenvalue weighted by atomic mass is 16.5. The maximum absolute atomic E-state index is 11.7. The van der Waals surface area contributed by atoms with E-state index < -0.39 is 6.10 Å². The lowest BCUT2D eigenvalue weighted by Gasteiger charge is -2.20. The Morgan fingerprint density at radius 1 is 1.37 bits per heavy atom. The van der Waals surface area contributed by atoms with Crippen LogP contribution >= 0.6 is 0 Å². The van der Waals surface area contributed by atoms with Crippen LogP contribution in [0.1, 0.15) is 11.7 Å². The number of para-hydroxylation sites is 1. The summed E-state index contributed by atoms with van der Waals surface area (Å²) in [5.74, 6) is 0.226. The Labute approximate surface area is 111 Å². The van der Waals surface area contributed by atoms with Crippen molar-refractivity contribution in [3.8, 4) is 5.75 Å². The van der Waals surface area contributed by atoms with Crippen LogP contribution in [0.4, 0.5) is 4.79 Å². The molecule has 1 aromatic carbocycles. The van der Waals surface area contributed by atoms with Crippen LogP contribution in [0.2, 0.25) is 0 Å². The number of methoxy groups -OCH3 is 1. The van der Waals surface area contributed by atoms with E-state index in [4.69, 9.17) is 4.74 Å². The first kappa shape index (κ1) is 13.4. The molecule has 0 aromatic heterocycles. The predicted octanol–water partition coefficient (Wildman–Crippen LogP) is 0.623. The van der Waals surface area contributed by atoms with Crippen molar-refractivity contribution in [2.45, 2.75) is 6.10 Å². The standard InChI is InChI=1S/C13H16N2O4/c1-14-8-12(17)15(13(14)18)7-10(16)9-5-3-4-6-11(9)19-2/h3-6,10,16H,7-8H2,1-2H3. The van der Waals surface area contributed by atoms with Crippen LogP contribution in [0.3, 0.4) is 0 Å². The van der Waals surface area contributed by atoms with E-state index in [1.54, 1.807) is 31.3 Å². The topological polar surface area (TPSA) is 70.1 Å². The Bertz CT molecular complexity index is 503. The predicted molar refractivity (Wildman–Crippen MR) is 67.7 cm³/mol. The van der Waals surface area contributed by atoms with E-state index in [2.05, 4.69) is 0 Å². The van der Waals surface area contributed by atoms with Crippen molar-refractivity contribution < 1.29 is 19.4 Å². The van der Waals surface area contributed by atoms with Crippen molar-refractivity contribution in [2.24, 2.45) is 0 Å². The zero-order valence-corrected chi connectivity index (χ0v) is 10.9. The number of imide groups is 1. The van der Waals surface area contributed by atoms with Gasteiger partial charge in [-0.25, -0.2) is 4.79 Å². The van der Waals surface area contributed by atoms with Crippen molar-refractivity contribution in [1.82, 2.24) is 9.80 Å². The van der Waals surface area contributed by atoms with E-state index in [0.717, 1.165) is 4.90 Å². The molecule has 1 atom stereocenters. The molecule has 3 amide bonds. The summed E-state index contributed by atoms with van der Waals surface area (Å²) in [6.07, 6.45) is -0.962. The number of aliphatic hydroxyl groups excluding tert-OH is 1. The van der Waals surface area contributed by atoms with Gasteiger partial charge in [-0.05, 0) is 6.07 Å². The molecule has 1 N–H and O–H groups in total. The molecule has 1 aromatic rings. The third-order valence-corrected chi connectivity index (χ3v) is 3.08. The number of amides is 3. The van der Waals surface area contributed by atoms with Crippen LogP contribution < -0.4 is 4.74 Å². The Morgan fingerprint density at radius 3 is 2.63 bits per heavy atom. The maximum atomic E-state index is 11.7. The first-order chi connectivity index (χ1) is 9.04. The zero-order chi connectivity index (χ0) is 14.0. The second-order valence-corrected chi connectivity index (χ2v) is 4.40. The third-order valence-electron chi connectivity index (χ3n) is 3.08. The zero-order valence-electron chi connectivity index (χ0n) is 10.9. The Balaban J connectivity index is 2.15. The van der Waals surface area contributed by atoms with E-state index >= 15 is 0 Å². The van der Waals surface area contributed by atoms with Crippen molar-refractivity contribution >= 4 is 11.9 Å². The van der Waals surface area contributed by atoms with E-state index in [0.29, 0.717) is 11.3 Å². The maximum Gasteiger partial charge on any atom is 0.327 e. The smallest absolute Gasteiger partial charge is 0.327 e. The molecule has 6 heteroatoms. The Kier molecular flexibility index (Phi) is 3.71. The van der Waals surface area contributed by atoms with Crippen LogP contribution in [-0.4, -0.2) is 54.1 Å². The number of carbonyl (C=O) groups is 2. The van der Waals surface area contributed by atoms with Crippen LogP contribution in [0.15, 0.2) is 24.3 Å². The molecule has 1 aliphatic heterocycles. The number of β-amino-alcohol motifs (C(OH)–C–C–N with tert-alkyl or cyclic N) is 1. The number of hydrogen-bond acceptors (Lipinski definition) is 4. The summed E-state index contributed by atoms with van der Waals surface area (Å²) >= 11 is 0. The van der Waals surface area contributed by atoms with Gasteiger partial charge in [0.1, 0.15) is 18.4 Å². The molecule has 1 unspecified atom stereocenters. The summed E-state index contributed by atoms with van der Waals surface area (Å²) in [4.78, 5) is 25.7. The van der Waals surface area contributed by atoms with E-state index in [1.165, 1.54) is 12.0 Å². The molecule has 19 heavy (non-hydrogen) atoms. The second kappa shape index (κ2) is 5.27. The van der Waals surface area contributed by atoms with Crippen LogP contribution in [0.5, 0.6) is 5.75 Å². The van der Waals surface area contributed by atoms with Gasteiger partial charge in [0, 0.05) is 12.6 Å². The van der Waals surface area contributed by atoms with Crippen molar-refractivity contribution in [3.05, 3.63) is 29.8 Å². The molecule has 0 aliphatic carbocycles. The van der Waals surface area contributed by atoms with Crippen molar-refractivity contribution in [3.63, 3.8) is 0 Å². The van der Waals surface area contributed by atoms with E-state index in [1.807, 2.05) is 0 Å².